The van der Waals surface area contributed by atoms with Crippen LogP contribution in [-0.4, -0.2) is 23.4 Å². The molecule has 2 aromatic carbocycles. The first-order valence-electron chi connectivity index (χ1n) is 7.84. The summed E-state index contributed by atoms with van der Waals surface area (Å²) in [6.07, 6.45) is 1.73. The summed E-state index contributed by atoms with van der Waals surface area (Å²) < 4.78 is 0. The predicted molar refractivity (Wildman–Crippen MR) is 88.4 cm³/mol. The van der Waals surface area contributed by atoms with Crippen LogP contribution in [0.15, 0.2) is 54.6 Å². The molecule has 3 rings (SSSR count). The number of hydrogen-bond acceptors (Lipinski definition) is 2. The SMILES string of the molecule is C[C@H](N)C(=O)N1CCc2ccccc2[C@H]1Cc1ccccc1. The monoisotopic (exact) mass is 294 g/mol. The Balaban J connectivity index is 1.96. The van der Waals surface area contributed by atoms with E-state index in [1.54, 1.807) is 6.92 Å². The van der Waals surface area contributed by atoms with Crippen LogP contribution in [0.4, 0.5) is 0 Å². The molecular weight excluding hydrogens is 272 g/mol. The molecule has 0 bridgehead atoms. The van der Waals surface area contributed by atoms with Crippen molar-refractivity contribution in [3.63, 3.8) is 0 Å². The summed E-state index contributed by atoms with van der Waals surface area (Å²) in [4.78, 5) is 14.5. The van der Waals surface area contributed by atoms with Crippen molar-refractivity contribution in [2.24, 2.45) is 5.73 Å². The Bertz CT molecular complexity index is 651. The highest BCUT2D eigenvalue weighted by atomic mass is 16.2. The summed E-state index contributed by atoms with van der Waals surface area (Å²) >= 11 is 0. The lowest BCUT2D eigenvalue weighted by molar-refractivity contribution is -0.135. The minimum Gasteiger partial charge on any atom is -0.334 e. The second kappa shape index (κ2) is 6.32. The highest BCUT2D eigenvalue weighted by molar-refractivity contribution is 5.82. The number of nitrogens with zero attached hydrogens (tertiary/aromatic N) is 1. The van der Waals surface area contributed by atoms with Crippen LogP contribution in [0.5, 0.6) is 0 Å². The van der Waals surface area contributed by atoms with Crippen molar-refractivity contribution in [1.29, 1.82) is 0 Å². The topological polar surface area (TPSA) is 46.3 Å². The molecule has 2 atom stereocenters. The molecule has 0 aromatic heterocycles. The number of hydrogen-bond donors (Lipinski definition) is 1. The number of rotatable bonds is 3. The van der Waals surface area contributed by atoms with Crippen LogP contribution < -0.4 is 5.73 Å². The molecular formula is C19H22N2O. The van der Waals surface area contributed by atoms with E-state index in [9.17, 15) is 4.79 Å². The molecule has 1 aliphatic rings. The van der Waals surface area contributed by atoms with Crippen LogP contribution in [0, 0.1) is 0 Å². The maximum atomic E-state index is 12.5. The summed E-state index contributed by atoms with van der Waals surface area (Å²) in [7, 11) is 0. The van der Waals surface area contributed by atoms with Gasteiger partial charge >= 0.3 is 0 Å². The summed E-state index contributed by atoms with van der Waals surface area (Å²) in [6.45, 7) is 2.51. The van der Waals surface area contributed by atoms with Crippen LogP contribution in [0.1, 0.15) is 29.7 Å². The number of carbonyl (C=O) groups is 1. The molecule has 0 unspecified atom stereocenters. The van der Waals surface area contributed by atoms with Crippen molar-refractivity contribution in [3.05, 3.63) is 71.3 Å². The molecule has 0 aliphatic carbocycles. The fourth-order valence-corrected chi connectivity index (χ4v) is 3.23. The maximum absolute atomic E-state index is 12.5. The Morgan fingerprint density at radius 1 is 1.18 bits per heavy atom. The normalized spacial score (nSPS) is 18.6. The van der Waals surface area contributed by atoms with Crippen LogP contribution >= 0.6 is 0 Å². The first-order chi connectivity index (χ1) is 10.7. The van der Waals surface area contributed by atoms with Crippen molar-refractivity contribution < 1.29 is 4.79 Å². The van der Waals surface area contributed by atoms with Gasteiger partial charge in [-0.1, -0.05) is 54.6 Å². The smallest absolute Gasteiger partial charge is 0.239 e. The molecule has 1 amide bonds. The van der Waals surface area contributed by atoms with Crippen molar-refractivity contribution in [2.75, 3.05) is 6.54 Å². The first kappa shape index (κ1) is 14.8. The number of amides is 1. The van der Waals surface area contributed by atoms with E-state index in [0.717, 1.165) is 19.4 Å². The van der Waals surface area contributed by atoms with Crippen molar-refractivity contribution >= 4 is 5.91 Å². The second-order valence-electron chi connectivity index (χ2n) is 5.97. The van der Waals surface area contributed by atoms with Gasteiger partial charge < -0.3 is 10.6 Å². The molecule has 0 spiro atoms. The summed E-state index contributed by atoms with van der Waals surface area (Å²) in [5.74, 6) is 0.0374. The molecule has 0 saturated heterocycles. The summed E-state index contributed by atoms with van der Waals surface area (Å²) in [6, 6.07) is 18.4. The highest BCUT2D eigenvalue weighted by Crippen LogP contribution is 2.32. The molecule has 0 fully saturated rings. The Labute approximate surface area is 131 Å². The van der Waals surface area contributed by atoms with E-state index < -0.39 is 6.04 Å². The molecule has 3 heteroatoms. The van der Waals surface area contributed by atoms with Crippen LogP contribution in [0.2, 0.25) is 0 Å². The van der Waals surface area contributed by atoms with E-state index in [4.69, 9.17) is 5.73 Å². The second-order valence-corrected chi connectivity index (χ2v) is 5.97. The van der Waals surface area contributed by atoms with E-state index >= 15 is 0 Å². The zero-order valence-electron chi connectivity index (χ0n) is 12.9. The summed E-state index contributed by atoms with van der Waals surface area (Å²) in [5.41, 5.74) is 9.69. The lowest BCUT2D eigenvalue weighted by atomic mass is 9.88. The zero-order chi connectivity index (χ0) is 15.5. The van der Waals surface area contributed by atoms with Gasteiger partial charge in [-0.15, -0.1) is 0 Å². The average molecular weight is 294 g/mol. The first-order valence-corrected chi connectivity index (χ1v) is 7.84. The summed E-state index contributed by atoms with van der Waals surface area (Å²) in [5, 5.41) is 0. The van der Waals surface area contributed by atoms with Gasteiger partial charge in [-0.25, -0.2) is 0 Å². The van der Waals surface area contributed by atoms with Crippen LogP contribution in [0.3, 0.4) is 0 Å². The number of benzene rings is 2. The Kier molecular flexibility index (Phi) is 4.25. The predicted octanol–water partition coefficient (Wildman–Crippen LogP) is 2.70. The van der Waals surface area contributed by atoms with Gasteiger partial charge in [0.25, 0.3) is 0 Å². The third-order valence-corrected chi connectivity index (χ3v) is 4.36. The molecule has 0 radical (unpaired) electrons. The quantitative estimate of drug-likeness (QED) is 0.946. The van der Waals surface area contributed by atoms with Crippen LogP contribution in [0.25, 0.3) is 0 Å². The third kappa shape index (κ3) is 2.90. The number of fused-ring (bicyclic) bond motifs is 1. The van der Waals surface area contributed by atoms with E-state index in [1.807, 2.05) is 23.1 Å². The highest BCUT2D eigenvalue weighted by Gasteiger charge is 2.31. The molecule has 3 nitrogen and oxygen atoms in total. The third-order valence-electron chi connectivity index (χ3n) is 4.36. The van der Waals surface area contributed by atoms with Gasteiger partial charge in [-0.3, -0.25) is 4.79 Å². The lowest BCUT2D eigenvalue weighted by Crippen LogP contribution is -2.47. The van der Waals surface area contributed by atoms with Gasteiger partial charge in [0.2, 0.25) is 5.91 Å². The minimum absolute atomic E-state index is 0.0374. The van der Waals surface area contributed by atoms with E-state index in [0.29, 0.717) is 0 Å². The largest absolute Gasteiger partial charge is 0.334 e. The molecule has 114 valence electrons. The van der Waals surface area contributed by atoms with Gasteiger partial charge in [0.15, 0.2) is 0 Å². The van der Waals surface area contributed by atoms with E-state index in [-0.39, 0.29) is 11.9 Å². The molecule has 2 aromatic rings. The lowest BCUT2D eigenvalue weighted by Gasteiger charge is -2.38. The van der Waals surface area contributed by atoms with Gasteiger partial charge in [0.05, 0.1) is 12.1 Å². The van der Waals surface area contributed by atoms with Gasteiger partial charge in [-0.2, -0.15) is 0 Å². The van der Waals surface area contributed by atoms with Gasteiger partial charge in [0.1, 0.15) is 0 Å². The molecule has 0 saturated carbocycles. The van der Waals surface area contributed by atoms with Gasteiger partial charge in [-0.05, 0) is 36.5 Å². The van der Waals surface area contributed by atoms with Crippen LogP contribution in [-0.2, 0) is 17.6 Å². The zero-order valence-corrected chi connectivity index (χ0v) is 12.9. The molecule has 22 heavy (non-hydrogen) atoms. The fourth-order valence-electron chi connectivity index (χ4n) is 3.23. The average Bonchev–Trinajstić information content (AvgIpc) is 2.55. The molecule has 1 heterocycles. The maximum Gasteiger partial charge on any atom is 0.239 e. The van der Waals surface area contributed by atoms with Crippen molar-refractivity contribution in [3.8, 4) is 0 Å². The van der Waals surface area contributed by atoms with Gasteiger partial charge in [0, 0.05) is 6.54 Å². The fraction of sp³-hybridized carbons (Fsp3) is 0.316. The number of carbonyl (C=O) groups excluding carboxylic acids is 1. The van der Waals surface area contributed by atoms with E-state index in [1.165, 1.54) is 16.7 Å². The molecule has 1 aliphatic heterocycles. The molecule has 2 N–H and O–H groups in total. The van der Waals surface area contributed by atoms with E-state index in [2.05, 4.69) is 36.4 Å². The van der Waals surface area contributed by atoms with Crippen molar-refractivity contribution in [2.45, 2.75) is 31.8 Å². The Hall–Kier alpha value is -2.13. The minimum atomic E-state index is -0.455. The van der Waals surface area contributed by atoms with Crippen molar-refractivity contribution in [1.82, 2.24) is 4.90 Å². The standard InChI is InChI=1S/C19H22N2O/c1-14(20)19(22)21-12-11-16-9-5-6-10-17(16)18(21)13-15-7-3-2-4-8-15/h2-10,14,18H,11-13,20H2,1H3/t14-,18+/m0/s1. The Morgan fingerprint density at radius 2 is 1.86 bits per heavy atom. The number of nitrogens with two attached hydrogens (primary N) is 1. The Morgan fingerprint density at radius 3 is 2.59 bits per heavy atom.